The second-order valence-electron chi connectivity index (χ2n) is 8.59. The Labute approximate surface area is 198 Å². The Kier molecular flexibility index (Phi) is 6.10. The van der Waals surface area contributed by atoms with Gasteiger partial charge in [-0.25, -0.2) is 22.1 Å². The van der Waals surface area contributed by atoms with E-state index < -0.39 is 10.0 Å². The van der Waals surface area contributed by atoms with Gasteiger partial charge in [0.25, 0.3) is 0 Å². The predicted octanol–water partition coefficient (Wildman–Crippen LogP) is 4.86. The fourth-order valence-corrected chi connectivity index (χ4v) is 6.23. The normalized spacial score (nSPS) is 17.2. The van der Waals surface area contributed by atoms with Gasteiger partial charge in [0.2, 0.25) is 10.0 Å². The summed E-state index contributed by atoms with van der Waals surface area (Å²) in [7, 11) is -1.90. The molecule has 1 aliphatic heterocycles. The van der Waals surface area contributed by atoms with Crippen LogP contribution in [0.15, 0.2) is 72.9 Å². The molecule has 0 spiro atoms. The summed E-state index contributed by atoms with van der Waals surface area (Å²) in [5, 5.41) is 0. The van der Waals surface area contributed by atoms with Gasteiger partial charge in [-0.1, -0.05) is 30.3 Å². The highest BCUT2D eigenvalue weighted by Gasteiger charge is 2.32. The maximum Gasteiger partial charge on any atom is 0.218 e. The molecule has 3 heterocycles. The van der Waals surface area contributed by atoms with Gasteiger partial charge in [0.05, 0.1) is 24.1 Å². The maximum atomic E-state index is 13.2. The van der Waals surface area contributed by atoms with E-state index in [2.05, 4.69) is 4.40 Å². The average molecular weight is 480 g/mol. The van der Waals surface area contributed by atoms with Crippen LogP contribution in [0.3, 0.4) is 0 Å². The Morgan fingerprint density at radius 3 is 2.71 bits per heavy atom. The monoisotopic (exact) mass is 479 g/mol. The van der Waals surface area contributed by atoms with Crippen LogP contribution in [-0.2, 0) is 15.8 Å². The topological polar surface area (TPSA) is 63.9 Å². The first-order valence-electron chi connectivity index (χ1n) is 11.3. The molecule has 0 saturated carbocycles. The van der Waals surface area contributed by atoms with Gasteiger partial charge >= 0.3 is 0 Å². The molecule has 0 aliphatic carbocycles. The number of hydrogen-bond donors (Lipinski definition) is 0. The molecule has 5 rings (SSSR count). The lowest BCUT2D eigenvalue weighted by Gasteiger charge is -2.31. The Bertz CT molecular complexity index is 1420. The van der Waals surface area contributed by atoms with E-state index in [1.807, 2.05) is 48.7 Å². The Morgan fingerprint density at radius 1 is 1.09 bits per heavy atom. The van der Waals surface area contributed by atoms with Crippen molar-refractivity contribution in [3.05, 3.63) is 90.1 Å². The van der Waals surface area contributed by atoms with Crippen molar-refractivity contribution >= 4 is 15.5 Å². The van der Waals surface area contributed by atoms with E-state index >= 15 is 0 Å². The van der Waals surface area contributed by atoms with Gasteiger partial charge < -0.3 is 9.14 Å². The van der Waals surface area contributed by atoms with Crippen molar-refractivity contribution in [2.75, 3.05) is 20.2 Å². The van der Waals surface area contributed by atoms with E-state index in [4.69, 9.17) is 9.72 Å². The zero-order valence-electron chi connectivity index (χ0n) is 18.9. The third kappa shape index (κ3) is 4.43. The minimum absolute atomic E-state index is 0.0361. The number of halogens is 1. The molecule has 2 aromatic heterocycles. The first-order chi connectivity index (χ1) is 16.4. The van der Waals surface area contributed by atoms with Crippen LogP contribution in [0.1, 0.15) is 30.1 Å². The molecule has 176 valence electrons. The summed E-state index contributed by atoms with van der Waals surface area (Å²) in [6.45, 7) is 0.848. The molecule has 1 saturated heterocycles. The summed E-state index contributed by atoms with van der Waals surface area (Å²) in [4.78, 5) is 5.01. The lowest BCUT2D eigenvalue weighted by Crippen LogP contribution is -2.40. The van der Waals surface area contributed by atoms with Crippen LogP contribution in [0.4, 0.5) is 4.39 Å². The minimum Gasteiger partial charge on any atom is -0.497 e. The van der Waals surface area contributed by atoms with Crippen molar-refractivity contribution < 1.29 is 17.5 Å². The van der Waals surface area contributed by atoms with E-state index in [1.165, 1.54) is 24.3 Å². The predicted molar refractivity (Wildman–Crippen MR) is 130 cm³/mol. The highest BCUT2D eigenvalue weighted by atomic mass is 32.2. The third-order valence-corrected chi connectivity index (χ3v) is 8.14. The molecule has 1 aliphatic rings. The standard InChI is InChI=1S/C26H26FN3O3S/c1-33-23-8-4-6-20(16-23)25-24-9-2-3-15-30(24)26(28-25)21-7-5-14-29(17-21)34(31,32)18-19-10-12-22(27)13-11-19/h2-4,6,8-13,15-16,21H,5,7,14,17-18H2,1H3/t21-/m1/s1. The average Bonchev–Trinajstić information content (AvgIpc) is 3.25. The van der Waals surface area contributed by atoms with Crippen molar-refractivity contribution in [1.29, 1.82) is 0 Å². The summed E-state index contributed by atoms with van der Waals surface area (Å²) in [6.07, 6.45) is 3.59. The van der Waals surface area contributed by atoms with E-state index in [0.717, 1.165) is 41.2 Å². The fraction of sp³-hybridized carbons (Fsp3) is 0.269. The number of benzene rings is 2. The molecular weight excluding hydrogens is 453 g/mol. The Balaban J connectivity index is 1.46. The van der Waals surface area contributed by atoms with E-state index in [1.54, 1.807) is 11.4 Å². The third-order valence-electron chi connectivity index (χ3n) is 6.32. The van der Waals surface area contributed by atoms with Crippen molar-refractivity contribution in [1.82, 2.24) is 13.7 Å². The lowest BCUT2D eigenvalue weighted by molar-refractivity contribution is 0.308. The van der Waals surface area contributed by atoms with Gasteiger partial charge in [0, 0.05) is 30.8 Å². The number of hydrogen-bond acceptors (Lipinski definition) is 4. The summed E-state index contributed by atoms with van der Waals surface area (Å²) in [6, 6.07) is 19.4. The number of imidazole rings is 1. The van der Waals surface area contributed by atoms with Gasteiger partial charge in [-0.2, -0.15) is 0 Å². The Hall–Kier alpha value is -3.23. The molecule has 4 aromatic rings. The van der Waals surface area contributed by atoms with Crippen molar-refractivity contribution in [3.63, 3.8) is 0 Å². The number of nitrogens with zero attached hydrogens (tertiary/aromatic N) is 3. The van der Waals surface area contributed by atoms with Gasteiger partial charge in [-0.15, -0.1) is 0 Å². The van der Waals surface area contributed by atoms with Crippen molar-refractivity contribution in [2.45, 2.75) is 24.5 Å². The van der Waals surface area contributed by atoms with Gasteiger partial charge in [0.1, 0.15) is 17.4 Å². The zero-order valence-corrected chi connectivity index (χ0v) is 19.7. The number of aromatic nitrogens is 2. The molecule has 8 heteroatoms. The van der Waals surface area contributed by atoms with Crippen LogP contribution >= 0.6 is 0 Å². The van der Waals surface area contributed by atoms with Gasteiger partial charge in [-0.3, -0.25) is 0 Å². The van der Waals surface area contributed by atoms with Crippen LogP contribution in [-0.4, -0.2) is 42.3 Å². The molecule has 0 bridgehead atoms. The second-order valence-corrected chi connectivity index (χ2v) is 10.6. The van der Waals surface area contributed by atoms with E-state index in [-0.39, 0.29) is 17.5 Å². The highest BCUT2D eigenvalue weighted by molar-refractivity contribution is 7.88. The zero-order chi connectivity index (χ0) is 23.7. The SMILES string of the molecule is COc1cccc(-c2nc([C@@H]3CCCN(S(=O)(=O)Cc4ccc(F)cc4)C3)n3ccccc23)c1. The molecule has 1 atom stereocenters. The molecule has 34 heavy (non-hydrogen) atoms. The number of fused-ring (bicyclic) bond motifs is 1. The number of sulfonamides is 1. The number of piperidine rings is 1. The van der Waals surface area contributed by atoms with Crippen LogP contribution in [0, 0.1) is 5.82 Å². The number of pyridine rings is 1. The first kappa shape index (κ1) is 22.6. The number of methoxy groups -OCH3 is 1. The molecular formula is C26H26FN3O3S. The Morgan fingerprint density at radius 2 is 1.91 bits per heavy atom. The summed E-state index contributed by atoms with van der Waals surface area (Å²) in [5.74, 6) is 1.06. The summed E-state index contributed by atoms with van der Waals surface area (Å²) in [5.41, 5.74) is 3.35. The minimum atomic E-state index is -3.54. The molecule has 6 nitrogen and oxygen atoms in total. The number of rotatable bonds is 6. The lowest BCUT2D eigenvalue weighted by atomic mass is 9.99. The van der Waals surface area contributed by atoms with Crippen LogP contribution in [0.5, 0.6) is 5.75 Å². The quantitative estimate of drug-likeness (QED) is 0.396. The molecule has 0 amide bonds. The summed E-state index contributed by atoms with van der Waals surface area (Å²) >= 11 is 0. The molecule has 2 aromatic carbocycles. The smallest absolute Gasteiger partial charge is 0.218 e. The first-order valence-corrected chi connectivity index (χ1v) is 12.9. The van der Waals surface area contributed by atoms with E-state index in [9.17, 15) is 12.8 Å². The maximum absolute atomic E-state index is 13.2. The highest BCUT2D eigenvalue weighted by Crippen LogP contribution is 2.34. The molecule has 0 unspecified atom stereocenters. The van der Waals surface area contributed by atoms with Crippen molar-refractivity contribution in [3.8, 4) is 17.0 Å². The summed E-state index contributed by atoms with van der Waals surface area (Å²) < 4.78 is 48.6. The molecule has 0 radical (unpaired) electrons. The molecule has 0 N–H and O–H groups in total. The van der Waals surface area contributed by atoms with Crippen LogP contribution in [0.2, 0.25) is 0 Å². The number of ether oxygens (including phenoxy) is 1. The second kappa shape index (κ2) is 9.19. The van der Waals surface area contributed by atoms with Crippen LogP contribution in [0.25, 0.3) is 16.8 Å². The van der Waals surface area contributed by atoms with Crippen molar-refractivity contribution in [2.24, 2.45) is 0 Å². The van der Waals surface area contributed by atoms with Gasteiger partial charge in [-0.05, 0) is 54.8 Å². The van der Waals surface area contributed by atoms with Crippen LogP contribution < -0.4 is 4.74 Å². The van der Waals surface area contributed by atoms with E-state index in [0.29, 0.717) is 18.7 Å². The van der Waals surface area contributed by atoms with Gasteiger partial charge in [0.15, 0.2) is 0 Å². The molecule has 1 fully saturated rings. The largest absolute Gasteiger partial charge is 0.497 e. The fourth-order valence-electron chi connectivity index (χ4n) is 4.62.